The lowest BCUT2D eigenvalue weighted by Crippen LogP contribution is -2.32. The van der Waals surface area contributed by atoms with E-state index in [4.69, 9.17) is 11.6 Å². The molecule has 1 heterocycles. The highest BCUT2D eigenvalue weighted by Crippen LogP contribution is 2.21. The first-order chi connectivity index (χ1) is 10.2. The number of aromatic nitrogens is 1. The van der Waals surface area contributed by atoms with E-state index in [-0.39, 0.29) is 11.9 Å². The van der Waals surface area contributed by atoms with E-state index in [1.807, 2.05) is 12.3 Å². The minimum atomic E-state index is -0.230. The van der Waals surface area contributed by atoms with Crippen molar-refractivity contribution in [1.29, 1.82) is 0 Å². The normalized spacial score (nSPS) is 12.3. The van der Waals surface area contributed by atoms with Gasteiger partial charge in [-0.2, -0.15) is 0 Å². The number of likely N-dealkylation sites (N-methyl/N-ethyl adjacent to an activating group) is 1. The molecule has 1 aromatic heterocycles. The van der Waals surface area contributed by atoms with Crippen LogP contribution in [0.1, 0.15) is 24.5 Å². The molecule has 0 aliphatic carbocycles. The monoisotopic (exact) mass is 306 g/mol. The number of hydrogen-bond donors (Lipinski definition) is 1. The molecular formula is C17H20ClFN2. The smallest absolute Gasteiger partial charge is 0.127 e. The maximum Gasteiger partial charge on any atom is 0.127 e. The van der Waals surface area contributed by atoms with E-state index >= 15 is 0 Å². The number of halogens is 2. The lowest BCUT2D eigenvalue weighted by Gasteiger charge is -2.19. The maximum absolute atomic E-state index is 13.9. The molecule has 1 atom stereocenters. The number of aryl methyl sites for hydroxylation is 1. The average Bonchev–Trinajstić information content (AvgIpc) is 2.49. The van der Waals surface area contributed by atoms with E-state index in [1.165, 1.54) is 11.6 Å². The zero-order chi connectivity index (χ0) is 15.1. The maximum atomic E-state index is 13.9. The van der Waals surface area contributed by atoms with Crippen molar-refractivity contribution in [2.24, 2.45) is 0 Å². The number of nitrogens with one attached hydrogen (secondary N) is 1. The van der Waals surface area contributed by atoms with Gasteiger partial charge in [0.1, 0.15) is 5.82 Å². The fourth-order valence-corrected chi connectivity index (χ4v) is 2.67. The van der Waals surface area contributed by atoms with Crippen molar-refractivity contribution in [3.8, 4) is 0 Å². The van der Waals surface area contributed by atoms with Gasteiger partial charge in [-0.15, -0.1) is 0 Å². The van der Waals surface area contributed by atoms with Crippen LogP contribution in [-0.2, 0) is 12.8 Å². The van der Waals surface area contributed by atoms with Crippen LogP contribution >= 0.6 is 11.6 Å². The quantitative estimate of drug-likeness (QED) is 0.835. The lowest BCUT2D eigenvalue weighted by atomic mass is 9.99. The standard InChI is InChI=1S/C17H20ClFN2/c1-2-21-14(9-8-13-5-4-10-20-12-13)11-15-16(18)6-3-7-17(15)19/h3-7,10,12,14,21H,2,8-9,11H2,1H3. The Morgan fingerprint density at radius 1 is 1.29 bits per heavy atom. The highest BCUT2D eigenvalue weighted by molar-refractivity contribution is 6.31. The van der Waals surface area contributed by atoms with Gasteiger partial charge in [0, 0.05) is 29.0 Å². The Morgan fingerprint density at radius 2 is 2.14 bits per heavy atom. The fraction of sp³-hybridized carbons (Fsp3) is 0.353. The van der Waals surface area contributed by atoms with Crippen molar-refractivity contribution in [2.75, 3.05) is 6.54 Å². The highest BCUT2D eigenvalue weighted by atomic mass is 35.5. The van der Waals surface area contributed by atoms with E-state index in [0.29, 0.717) is 17.0 Å². The van der Waals surface area contributed by atoms with Crippen molar-refractivity contribution in [1.82, 2.24) is 10.3 Å². The van der Waals surface area contributed by atoms with Gasteiger partial charge in [0.25, 0.3) is 0 Å². The molecule has 0 fully saturated rings. The molecule has 1 N–H and O–H groups in total. The molecule has 2 rings (SSSR count). The third-order valence-corrected chi connectivity index (χ3v) is 3.86. The Hall–Kier alpha value is -1.45. The summed E-state index contributed by atoms with van der Waals surface area (Å²) in [5.41, 5.74) is 1.79. The summed E-state index contributed by atoms with van der Waals surface area (Å²) in [6.07, 6.45) is 6.07. The highest BCUT2D eigenvalue weighted by Gasteiger charge is 2.14. The molecule has 1 aromatic carbocycles. The van der Waals surface area contributed by atoms with Crippen LogP contribution in [0.2, 0.25) is 5.02 Å². The number of rotatable bonds is 7. The Balaban J connectivity index is 2.02. The van der Waals surface area contributed by atoms with Crippen molar-refractivity contribution >= 4 is 11.6 Å². The van der Waals surface area contributed by atoms with E-state index < -0.39 is 0 Å². The summed E-state index contributed by atoms with van der Waals surface area (Å²) in [5, 5.41) is 3.91. The van der Waals surface area contributed by atoms with Crippen molar-refractivity contribution < 1.29 is 4.39 Å². The van der Waals surface area contributed by atoms with Gasteiger partial charge >= 0.3 is 0 Å². The van der Waals surface area contributed by atoms with Crippen molar-refractivity contribution in [3.63, 3.8) is 0 Å². The predicted octanol–water partition coefficient (Wildman–Crippen LogP) is 4.03. The van der Waals surface area contributed by atoms with Crippen LogP contribution in [0.3, 0.4) is 0 Å². The minimum Gasteiger partial charge on any atom is -0.314 e. The van der Waals surface area contributed by atoms with E-state index in [1.54, 1.807) is 18.3 Å². The van der Waals surface area contributed by atoms with Gasteiger partial charge in [-0.25, -0.2) is 4.39 Å². The van der Waals surface area contributed by atoms with E-state index in [2.05, 4.69) is 23.3 Å². The van der Waals surface area contributed by atoms with Crippen LogP contribution in [0.25, 0.3) is 0 Å². The Kier molecular flexibility index (Phi) is 6.15. The first-order valence-corrected chi connectivity index (χ1v) is 7.63. The Labute approximate surface area is 130 Å². The van der Waals surface area contributed by atoms with Crippen LogP contribution < -0.4 is 5.32 Å². The molecule has 0 spiro atoms. The molecule has 2 aromatic rings. The lowest BCUT2D eigenvalue weighted by molar-refractivity contribution is 0.480. The summed E-state index contributed by atoms with van der Waals surface area (Å²) >= 11 is 6.11. The zero-order valence-corrected chi connectivity index (χ0v) is 12.9. The van der Waals surface area contributed by atoms with E-state index in [0.717, 1.165) is 19.4 Å². The van der Waals surface area contributed by atoms with Crippen LogP contribution in [0.4, 0.5) is 4.39 Å². The second-order valence-electron chi connectivity index (χ2n) is 5.06. The van der Waals surface area contributed by atoms with Gasteiger partial charge in [0.2, 0.25) is 0 Å². The average molecular weight is 307 g/mol. The molecule has 2 nitrogen and oxygen atoms in total. The second-order valence-corrected chi connectivity index (χ2v) is 5.47. The molecule has 0 radical (unpaired) electrons. The SMILES string of the molecule is CCNC(CCc1cccnc1)Cc1c(F)cccc1Cl. The molecule has 1 unspecified atom stereocenters. The predicted molar refractivity (Wildman–Crippen MR) is 85.1 cm³/mol. The summed E-state index contributed by atoms with van der Waals surface area (Å²) in [5.74, 6) is -0.230. The van der Waals surface area contributed by atoms with Crippen LogP contribution in [0.5, 0.6) is 0 Å². The largest absolute Gasteiger partial charge is 0.314 e. The van der Waals surface area contributed by atoms with Gasteiger partial charge in [0.05, 0.1) is 0 Å². The fourth-order valence-electron chi connectivity index (χ4n) is 2.43. The number of nitrogens with zero attached hydrogens (tertiary/aromatic N) is 1. The first-order valence-electron chi connectivity index (χ1n) is 7.26. The summed E-state index contributed by atoms with van der Waals surface area (Å²) < 4.78 is 13.9. The molecule has 112 valence electrons. The Morgan fingerprint density at radius 3 is 2.81 bits per heavy atom. The zero-order valence-electron chi connectivity index (χ0n) is 12.2. The molecule has 4 heteroatoms. The van der Waals surface area contributed by atoms with Crippen LogP contribution in [-0.4, -0.2) is 17.6 Å². The Bertz CT molecular complexity index is 540. The number of benzene rings is 1. The summed E-state index contributed by atoms with van der Waals surface area (Å²) in [7, 11) is 0. The third-order valence-electron chi connectivity index (χ3n) is 3.51. The summed E-state index contributed by atoms with van der Waals surface area (Å²) in [4.78, 5) is 4.12. The minimum absolute atomic E-state index is 0.199. The van der Waals surface area contributed by atoms with Gasteiger partial charge in [0.15, 0.2) is 0 Å². The van der Waals surface area contributed by atoms with Gasteiger partial charge < -0.3 is 5.32 Å². The van der Waals surface area contributed by atoms with Crippen molar-refractivity contribution in [3.05, 3.63) is 64.7 Å². The van der Waals surface area contributed by atoms with E-state index in [9.17, 15) is 4.39 Å². The topological polar surface area (TPSA) is 24.9 Å². The number of hydrogen-bond acceptors (Lipinski definition) is 2. The molecule has 0 bridgehead atoms. The molecule has 0 aliphatic heterocycles. The molecule has 21 heavy (non-hydrogen) atoms. The molecule has 0 saturated heterocycles. The molecular weight excluding hydrogens is 287 g/mol. The molecule has 0 saturated carbocycles. The van der Waals surface area contributed by atoms with Gasteiger partial charge in [-0.3, -0.25) is 4.98 Å². The van der Waals surface area contributed by atoms with Crippen LogP contribution in [0.15, 0.2) is 42.7 Å². The molecule has 0 aliphatic rings. The van der Waals surface area contributed by atoms with Gasteiger partial charge in [-0.05, 0) is 49.6 Å². The summed E-state index contributed by atoms with van der Waals surface area (Å²) in [6, 6.07) is 9.04. The summed E-state index contributed by atoms with van der Waals surface area (Å²) in [6.45, 7) is 2.91. The van der Waals surface area contributed by atoms with Crippen molar-refractivity contribution in [2.45, 2.75) is 32.2 Å². The molecule has 0 amide bonds. The first kappa shape index (κ1) is 15.9. The van der Waals surface area contributed by atoms with Crippen LogP contribution in [0, 0.1) is 5.82 Å². The second kappa shape index (κ2) is 8.11. The van der Waals surface area contributed by atoms with Gasteiger partial charge in [-0.1, -0.05) is 30.7 Å². The number of pyridine rings is 1. The third kappa shape index (κ3) is 4.80.